The minimum atomic E-state index is -0.267. The molecular formula is C25H32N8O. The summed E-state index contributed by atoms with van der Waals surface area (Å²) in [5.74, 6) is 1.27. The summed E-state index contributed by atoms with van der Waals surface area (Å²) in [6, 6.07) is 10.9. The normalized spacial score (nSPS) is 28.1. The molecule has 2 aromatic heterocycles. The van der Waals surface area contributed by atoms with E-state index in [0.717, 1.165) is 55.5 Å². The molecule has 0 radical (unpaired) electrons. The van der Waals surface area contributed by atoms with Gasteiger partial charge >= 0.3 is 5.69 Å². The van der Waals surface area contributed by atoms with Gasteiger partial charge in [0.25, 0.3) is 0 Å². The van der Waals surface area contributed by atoms with Crippen LogP contribution in [0.5, 0.6) is 0 Å². The number of piperidine rings is 1. The molecule has 2 aliphatic heterocycles. The monoisotopic (exact) mass is 460 g/mol. The standard InChI is InChI=1S/C25H32N8O/c26-23(27)29-10-8-19-4-1-18-12-25(18,32-19)17-2-5-20(6-3-17)33-14-16-11-21(15-7-9-28-13-15)30-22(16)31-24(33)34/h2-3,5-6,11,14-15,18-19,28,32H,1,4,7-10,12-13H2,(H4,26,27,29)(H,30,31,34)/t15?,18?,19-,25?/m0/s1. The number of nitrogens with zero attached hydrogens (tertiary/aromatic N) is 3. The van der Waals surface area contributed by atoms with Gasteiger partial charge in [-0.15, -0.1) is 0 Å². The minimum absolute atomic E-state index is 0.0391. The Morgan fingerprint density at radius 2 is 2.06 bits per heavy atom. The highest BCUT2D eigenvalue weighted by Crippen LogP contribution is 2.57. The topological polar surface area (TPSA) is 139 Å². The molecule has 4 heterocycles. The molecule has 6 rings (SSSR count). The molecular weight excluding hydrogens is 428 g/mol. The molecule has 3 aliphatic rings. The van der Waals surface area contributed by atoms with E-state index in [1.165, 1.54) is 12.0 Å². The van der Waals surface area contributed by atoms with Crippen molar-refractivity contribution in [1.82, 2.24) is 25.2 Å². The van der Waals surface area contributed by atoms with Crippen LogP contribution in [0, 0.1) is 5.92 Å². The number of fused-ring (bicyclic) bond motifs is 2. The number of hydrogen-bond acceptors (Lipinski definition) is 5. The SMILES string of the molecule is NC(N)=NCC[C@@H]1CCC2CC2(c2ccc(-n3cc4cc(C5CCNC5)[nH]c4nc3=O)cc2)N1. The molecule has 34 heavy (non-hydrogen) atoms. The van der Waals surface area contributed by atoms with Crippen molar-refractivity contribution in [3.05, 3.63) is 58.3 Å². The first-order valence-electron chi connectivity index (χ1n) is 12.3. The highest BCUT2D eigenvalue weighted by Gasteiger charge is 2.57. The quantitative estimate of drug-likeness (QED) is 0.278. The number of guanidine groups is 1. The van der Waals surface area contributed by atoms with Gasteiger partial charge in [-0.25, -0.2) is 4.79 Å². The maximum Gasteiger partial charge on any atom is 0.354 e. The highest BCUT2D eigenvalue weighted by molar-refractivity contribution is 5.76. The average molecular weight is 461 g/mol. The summed E-state index contributed by atoms with van der Waals surface area (Å²) in [6.07, 6.45) is 7.46. The Kier molecular flexibility index (Phi) is 5.18. The van der Waals surface area contributed by atoms with Gasteiger partial charge in [-0.1, -0.05) is 12.1 Å². The molecule has 9 nitrogen and oxygen atoms in total. The molecule has 1 aromatic carbocycles. The second kappa shape index (κ2) is 8.25. The van der Waals surface area contributed by atoms with Crippen LogP contribution in [0.3, 0.4) is 0 Å². The summed E-state index contributed by atoms with van der Waals surface area (Å²) in [6.45, 7) is 2.64. The third kappa shape index (κ3) is 3.78. The molecule has 3 unspecified atom stereocenters. The van der Waals surface area contributed by atoms with Gasteiger partial charge in [0.05, 0.1) is 5.69 Å². The Hall–Kier alpha value is -3.17. The summed E-state index contributed by atoms with van der Waals surface area (Å²) in [4.78, 5) is 24.6. The fourth-order valence-electron chi connectivity index (χ4n) is 5.96. The van der Waals surface area contributed by atoms with Crippen molar-refractivity contribution in [3.8, 4) is 5.69 Å². The molecule has 4 atom stereocenters. The molecule has 0 bridgehead atoms. The third-order valence-corrected chi connectivity index (χ3v) is 7.89. The Morgan fingerprint density at radius 1 is 1.21 bits per heavy atom. The van der Waals surface area contributed by atoms with Crippen molar-refractivity contribution >= 4 is 17.0 Å². The minimum Gasteiger partial charge on any atom is -0.370 e. The number of aromatic amines is 1. The van der Waals surface area contributed by atoms with Gasteiger partial charge < -0.3 is 27.1 Å². The lowest BCUT2D eigenvalue weighted by molar-refractivity contribution is 0.302. The van der Waals surface area contributed by atoms with E-state index in [9.17, 15) is 4.79 Å². The molecule has 1 aliphatic carbocycles. The van der Waals surface area contributed by atoms with Gasteiger partial charge in [-0.2, -0.15) is 4.98 Å². The zero-order valence-corrected chi connectivity index (χ0v) is 19.3. The maximum absolute atomic E-state index is 12.8. The van der Waals surface area contributed by atoms with Crippen molar-refractivity contribution in [2.24, 2.45) is 22.4 Å². The van der Waals surface area contributed by atoms with Crippen LogP contribution in [-0.4, -0.2) is 46.2 Å². The van der Waals surface area contributed by atoms with Crippen molar-refractivity contribution in [2.75, 3.05) is 19.6 Å². The molecule has 2 saturated heterocycles. The Labute approximate surface area is 198 Å². The Balaban J connectivity index is 1.22. The average Bonchev–Trinajstić information content (AvgIpc) is 3.13. The van der Waals surface area contributed by atoms with E-state index in [-0.39, 0.29) is 17.2 Å². The van der Waals surface area contributed by atoms with Crippen LogP contribution in [0.25, 0.3) is 16.7 Å². The molecule has 3 aromatic rings. The predicted octanol–water partition coefficient (Wildman–Crippen LogP) is 1.42. The number of aliphatic imine (C=N–C) groups is 1. The van der Waals surface area contributed by atoms with Gasteiger partial charge in [0.2, 0.25) is 0 Å². The first-order chi connectivity index (χ1) is 16.5. The van der Waals surface area contributed by atoms with Crippen LogP contribution >= 0.6 is 0 Å². The number of aromatic nitrogens is 3. The van der Waals surface area contributed by atoms with E-state index in [1.54, 1.807) is 4.57 Å². The second-order valence-electron chi connectivity index (χ2n) is 10.0. The van der Waals surface area contributed by atoms with Crippen LogP contribution in [0.15, 0.2) is 46.3 Å². The molecule has 7 N–H and O–H groups in total. The van der Waals surface area contributed by atoms with Gasteiger partial charge in [0, 0.05) is 47.9 Å². The summed E-state index contributed by atoms with van der Waals surface area (Å²) < 4.78 is 1.64. The first kappa shape index (κ1) is 21.4. The fraction of sp³-hybridized carbons (Fsp3) is 0.480. The summed E-state index contributed by atoms with van der Waals surface area (Å²) >= 11 is 0. The lowest BCUT2D eigenvalue weighted by atomic mass is 9.92. The van der Waals surface area contributed by atoms with Crippen LogP contribution in [0.1, 0.15) is 49.3 Å². The van der Waals surface area contributed by atoms with Crippen molar-refractivity contribution in [2.45, 2.75) is 49.6 Å². The van der Waals surface area contributed by atoms with Crippen LogP contribution in [-0.2, 0) is 5.54 Å². The molecule has 1 saturated carbocycles. The summed E-state index contributed by atoms with van der Waals surface area (Å²) in [7, 11) is 0. The lowest BCUT2D eigenvalue weighted by Gasteiger charge is -2.31. The number of H-pyrrole nitrogens is 1. The fourth-order valence-corrected chi connectivity index (χ4v) is 5.96. The Bertz CT molecular complexity index is 1280. The van der Waals surface area contributed by atoms with Crippen LogP contribution < -0.4 is 27.8 Å². The second-order valence-corrected chi connectivity index (χ2v) is 10.0. The number of benzene rings is 1. The summed E-state index contributed by atoms with van der Waals surface area (Å²) in [5.41, 5.74) is 14.6. The van der Waals surface area contributed by atoms with E-state index in [1.807, 2.05) is 18.3 Å². The zero-order chi connectivity index (χ0) is 23.3. The van der Waals surface area contributed by atoms with Crippen molar-refractivity contribution < 1.29 is 0 Å². The number of nitrogens with one attached hydrogen (secondary N) is 3. The number of nitrogens with two attached hydrogens (primary N) is 2. The zero-order valence-electron chi connectivity index (χ0n) is 19.3. The van der Waals surface area contributed by atoms with Gasteiger partial charge in [-0.3, -0.25) is 9.56 Å². The van der Waals surface area contributed by atoms with Crippen molar-refractivity contribution in [3.63, 3.8) is 0 Å². The number of rotatable bonds is 6. The third-order valence-electron chi connectivity index (χ3n) is 7.89. The maximum atomic E-state index is 12.8. The highest BCUT2D eigenvalue weighted by atomic mass is 16.1. The largest absolute Gasteiger partial charge is 0.370 e. The van der Waals surface area contributed by atoms with E-state index >= 15 is 0 Å². The lowest BCUT2D eigenvalue weighted by Crippen LogP contribution is -2.43. The molecule has 9 heteroatoms. The van der Waals surface area contributed by atoms with Gasteiger partial charge in [0.1, 0.15) is 5.65 Å². The van der Waals surface area contributed by atoms with E-state index in [4.69, 9.17) is 11.5 Å². The van der Waals surface area contributed by atoms with Crippen molar-refractivity contribution in [1.29, 1.82) is 0 Å². The first-order valence-corrected chi connectivity index (χ1v) is 12.3. The smallest absolute Gasteiger partial charge is 0.354 e. The van der Waals surface area contributed by atoms with Crippen LogP contribution in [0.4, 0.5) is 0 Å². The van der Waals surface area contributed by atoms with E-state index in [0.29, 0.717) is 30.1 Å². The number of hydrogen-bond donors (Lipinski definition) is 5. The molecule has 0 spiro atoms. The Morgan fingerprint density at radius 3 is 2.82 bits per heavy atom. The predicted molar refractivity (Wildman–Crippen MR) is 133 cm³/mol. The molecule has 0 amide bonds. The van der Waals surface area contributed by atoms with E-state index < -0.39 is 0 Å². The van der Waals surface area contributed by atoms with E-state index in [2.05, 4.69) is 43.8 Å². The van der Waals surface area contributed by atoms with Gasteiger partial charge in [0.15, 0.2) is 5.96 Å². The molecule has 3 fully saturated rings. The summed E-state index contributed by atoms with van der Waals surface area (Å²) in [5, 5.41) is 8.23. The molecule has 178 valence electrons. The van der Waals surface area contributed by atoms with Crippen LogP contribution in [0.2, 0.25) is 0 Å². The van der Waals surface area contributed by atoms with Gasteiger partial charge in [-0.05, 0) is 68.3 Å².